The minimum atomic E-state index is -1.05. The SMILES string of the molecule is CC1=CC(=O)C2=C(C[C@@H]3C(=CC[C@@H]4C(=O)N(c5cc([N+](=O)[O-])c(N(C)C)c([N+](=O)[O-])c5)C(=O)[C@@H]43)[C@@H]2c2cc(Cl)ccc2O)C1=O. The van der Waals surface area contributed by atoms with Crippen LogP contribution < -0.4 is 9.80 Å². The number of aromatic hydroxyl groups is 1. The number of allylic oxidation sites excluding steroid dienone is 6. The molecule has 2 aromatic rings. The van der Waals surface area contributed by atoms with Gasteiger partial charge in [-0.05, 0) is 50.0 Å². The summed E-state index contributed by atoms with van der Waals surface area (Å²) >= 11 is 6.28. The number of hydrogen-bond donors (Lipinski definition) is 1. The van der Waals surface area contributed by atoms with E-state index in [4.69, 9.17) is 11.6 Å². The fourth-order valence-electron chi connectivity index (χ4n) is 7.20. The smallest absolute Gasteiger partial charge is 0.301 e. The summed E-state index contributed by atoms with van der Waals surface area (Å²) in [7, 11) is 2.80. The van der Waals surface area contributed by atoms with E-state index < -0.39 is 68.3 Å². The lowest BCUT2D eigenvalue weighted by Gasteiger charge is -2.42. The lowest BCUT2D eigenvalue weighted by atomic mass is 9.59. The van der Waals surface area contributed by atoms with Gasteiger partial charge in [-0.3, -0.25) is 39.4 Å². The molecule has 1 N–H and O–H groups in total. The number of hydrogen-bond acceptors (Lipinski definition) is 10. The Kier molecular flexibility index (Phi) is 6.96. The van der Waals surface area contributed by atoms with E-state index in [0.29, 0.717) is 5.57 Å². The van der Waals surface area contributed by atoms with Gasteiger partial charge in [-0.15, -0.1) is 0 Å². The Bertz CT molecular complexity index is 1860. The first-order valence-corrected chi connectivity index (χ1v) is 14.3. The zero-order valence-corrected chi connectivity index (χ0v) is 24.9. The number of benzene rings is 2. The number of carbonyl (C=O) groups is 4. The summed E-state index contributed by atoms with van der Waals surface area (Å²) in [5, 5.41) is 35.1. The molecule has 4 aliphatic rings. The number of amides is 2. The molecule has 2 aromatic carbocycles. The molecule has 45 heavy (non-hydrogen) atoms. The molecule has 1 aliphatic heterocycles. The van der Waals surface area contributed by atoms with Crippen LogP contribution in [-0.2, 0) is 19.2 Å². The molecule has 3 aliphatic carbocycles. The number of carbonyl (C=O) groups excluding carboxylic acids is 4. The van der Waals surface area contributed by atoms with Crippen LogP contribution in [0, 0.1) is 38.0 Å². The van der Waals surface area contributed by atoms with Gasteiger partial charge < -0.3 is 10.0 Å². The largest absolute Gasteiger partial charge is 0.508 e. The summed E-state index contributed by atoms with van der Waals surface area (Å²) in [5.41, 5.74) is -0.546. The van der Waals surface area contributed by atoms with Gasteiger partial charge in [0.1, 0.15) is 5.75 Å². The number of anilines is 2. The number of rotatable bonds is 5. The third kappa shape index (κ3) is 4.45. The highest BCUT2D eigenvalue weighted by molar-refractivity contribution is 6.30. The number of nitro groups is 2. The van der Waals surface area contributed by atoms with Gasteiger partial charge >= 0.3 is 11.4 Å². The number of imide groups is 1. The van der Waals surface area contributed by atoms with Crippen LogP contribution in [-0.4, -0.2) is 52.4 Å². The second kappa shape index (κ2) is 10.5. The quantitative estimate of drug-likeness (QED) is 0.161. The summed E-state index contributed by atoms with van der Waals surface area (Å²) in [4.78, 5) is 79.1. The maximum absolute atomic E-state index is 14.2. The topological polar surface area (TPSA) is 181 Å². The first kappa shape index (κ1) is 29.9. The molecule has 0 unspecified atom stereocenters. The van der Waals surface area contributed by atoms with Gasteiger partial charge in [-0.2, -0.15) is 0 Å². The average molecular weight is 633 g/mol. The van der Waals surface area contributed by atoms with Gasteiger partial charge in [0.2, 0.25) is 11.8 Å². The lowest BCUT2D eigenvalue weighted by molar-refractivity contribution is -0.392. The van der Waals surface area contributed by atoms with Crippen molar-refractivity contribution in [3.8, 4) is 5.75 Å². The van der Waals surface area contributed by atoms with E-state index in [9.17, 15) is 44.5 Å². The zero-order valence-electron chi connectivity index (χ0n) is 24.1. The minimum Gasteiger partial charge on any atom is -0.508 e. The number of phenolic OH excluding ortho intramolecular Hbond substituents is 1. The van der Waals surface area contributed by atoms with E-state index in [1.165, 1.54) is 50.2 Å². The van der Waals surface area contributed by atoms with Crippen LogP contribution in [0.25, 0.3) is 0 Å². The Morgan fingerprint density at radius 3 is 2.22 bits per heavy atom. The highest BCUT2D eigenvalue weighted by Crippen LogP contribution is 2.57. The number of ketones is 2. The first-order valence-electron chi connectivity index (χ1n) is 13.9. The molecule has 6 rings (SSSR count). The van der Waals surface area contributed by atoms with Gasteiger partial charge in [0, 0.05) is 59.5 Å². The number of nitrogens with zero attached hydrogens (tertiary/aromatic N) is 4. The van der Waals surface area contributed by atoms with Crippen LogP contribution in [0.1, 0.15) is 31.2 Å². The summed E-state index contributed by atoms with van der Waals surface area (Å²) in [6.07, 6.45) is 2.99. The molecule has 0 bridgehead atoms. The third-order valence-corrected chi connectivity index (χ3v) is 9.25. The van der Waals surface area contributed by atoms with Crippen molar-refractivity contribution in [2.75, 3.05) is 23.9 Å². The van der Waals surface area contributed by atoms with Gasteiger partial charge in [0.25, 0.3) is 0 Å². The van der Waals surface area contributed by atoms with Crippen LogP contribution in [0.15, 0.2) is 64.8 Å². The number of halogens is 1. The average Bonchev–Trinajstić information content (AvgIpc) is 3.24. The van der Waals surface area contributed by atoms with Crippen LogP contribution in [0.5, 0.6) is 5.75 Å². The van der Waals surface area contributed by atoms with Crippen molar-refractivity contribution in [1.82, 2.24) is 0 Å². The standard InChI is InChI=1S/C31H25ClN4O9/c1-13-8-24(38)27-20(29(13)39)12-18-16(25(27)19-9-14(32)4-7-23(19)37)5-6-17-26(18)31(41)34(30(17)40)15-10-21(35(42)43)28(33(2)3)22(11-15)36(44)45/h4-5,7-11,17-18,25-26,37H,6,12H2,1-3H3/t17-,18+,25+,26-/m0/s1. The van der Waals surface area contributed by atoms with Crippen LogP contribution >= 0.6 is 11.6 Å². The van der Waals surface area contributed by atoms with Crippen molar-refractivity contribution < 1.29 is 34.1 Å². The monoisotopic (exact) mass is 632 g/mol. The molecular weight excluding hydrogens is 608 g/mol. The Balaban J connectivity index is 1.50. The minimum absolute atomic E-state index is 0.0391. The van der Waals surface area contributed by atoms with Crippen LogP contribution in [0.3, 0.4) is 0 Å². The van der Waals surface area contributed by atoms with E-state index in [2.05, 4.69) is 0 Å². The summed E-state index contributed by atoms with van der Waals surface area (Å²) in [6, 6.07) is 6.26. The van der Waals surface area contributed by atoms with Crippen molar-refractivity contribution >= 4 is 57.7 Å². The Morgan fingerprint density at radius 2 is 1.62 bits per heavy atom. The summed E-state index contributed by atoms with van der Waals surface area (Å²) < 4.78 is 0. The Morgan fingerprint density at radius 1 is 0.978 bits per heavy atom. The molecule has 0 spiro atoms. The number of fused-ring (bicyclic) bond motifs is 3. The van der Waals surface area contributed by atoms with E-state index in [1.807, 2.05) is 0 Å². The second-order valence-electron chi connectivity index (χ2n) is 11.7. The zero-order chi connectivity index (χ0) is 32.6. The van der Waals surface area contributed by atoms with E-state index in [1.54, 1.807) is 6.08 Å². The van der Waals surface area contributed by atoms with Crippen molar-refractivity contribution in [3.05, 3.63) is 95.6 Å². The third-order valence-electron chi connectivity index (χ3n) is 9.02. The van der Waals surface area contributed by atoms with Crippen molar-refractivity contribution in [3.63, 3.8) is 0 Å². The molecule has 230 valence electrons. The summed E-state index contributed by atoms with van der Waals surface area (Å²) in [6.45, 7) is 1.51. The maximum Gasteiger partial charge on any atom is 0.301 e. The molecule has 13 nitrogen and oxygen atoms in total. The van der Waals surface area contributed by atoms with Gasteiger partial charge in [-0.1, -0.05) is 23.3 Å². The molecule has 14 heteroatoms. The van der Waals surface area contributed by atoms with E-state index >= 15 is 0 Å². The van der Waals surface area contributed by atoms with Crippen molar-refractivity contribution in [2.45, 2.75) is 25.7 Å². The highest BCUT2D eigenvalue weighted by atomic mass is 35.5. The molecule has 2 amide bonds. The molecule has 1 saturated heterocycles. The molecular formula is C31H25ClN4O9. The molecule has 0 aromatic heterocycles. The maximum atomic E-state index is 14.2. The fraction of sp³-hybridized carbons (Fsp3) is 0.290. The van der Waals surface area contributed by atoms with Gasteiger partial charge in [0.05, 0.1) is 27.4 Å². The van der Waals surface area contributed by atoms with E-state index in [0.717, 1.165) is 17.0 Å². The summed E-state index contributed by atoms with van der Waals surface area (Å²) in [5.74, 6) is -6.08. The van der Waals surface area contributed by atoms with Crippen molar-refractivity contribution in [1.29, 1.82) is 0 Å². The lowest BCUT2D eigenvalue weighted by Crippen LogP contribution is -2.39. The second-order valence-corrected chi connectivity index (χ2v) is 12.1. The van der Waals surface area contributed by atoms with E-state index in [-0.39, 0.29) is 57.3 Å². The molecule has 0 radical (unpaired) electrons. The predicted molar refractivity (Wildman–Crippen MR) is 161 cm³/mol. The Hall–Kier alpha value is -5.17. The number of Topliss-reactive ketones (excluding diaryl/α,β-unsaturated/α-hetero) is 1. The first-order chi connectivity index (χ1) is 21.2. The van der Waals surface area contributed by atoms with Crippen molar-refractivity contribution in [2.24, 2.45) is 17.8 Å². The highest BCUT2D eigenvalue weighted by Gasteiger charge is 2.57. The van der Waals surface area contributed by atoms with Crippen LogP contribution in [0.4, 0.5) is 22.7 Å². The van der Waals surface area contributed by atoms with Gasteiger partial charge in [-0.25, -0.2) is 4.90 Å². The molecule has 0 saturated carbocycles. The number of phenols is 1. The molecule has 4 atom stereocenters. The van der Waals surface area contributed by atoms with Gasteiger partial charge in [0.15, 0.2) is 17.3 Å². The van der Waals surface area contributed by atoms with Crippen LogP contribution in [0.2, 0.25) is 5.02 Å². The molecule has 1 fully saturated rings. The predicted octanol–water partition coefficient (Wildman–Crippen LogP) is 4.56. The molecule has 1 heterocycles. The normalized spacial score (nSPS) is 24.1. The Labute approximate surface area is 260 Å². The fourth-order valence-corrected chi connectivity index (χ4v) is 7.38. The number of nitro benzene ring substituents is 2.